The monoisotopic (exact) mass is 685 g/mol. The van der Waals surface area contributed by atoms with Gasteiger partial charge < -0.3 is 37.9 Å². The summed E-state index contributed by atoms with van der Waals surface area (Å²) in [5.74, 6) is -0.119. The molecule has 9 heteroatoms. The molecule has 0 spiro atoms. The molecule has 1 saturated heterocycles. The maximum atomic E-state index is 11.7. The minimum atomic E-state index is -0.119. The number of carbonyl (C=O) groups excluding carboxylic acids is 1. The van der Waals surface area contributed by atoms with Crippen LogP contribution in [0.4, 0.5) is 0 Å². The number of hydrogen-bond acceptors (Lipinski definition) is 9. The molecule has 5 atom stereocenters. The Morgan fingerprint density at radius 3 is 1.52 bits per heavy atom. The van der Waals surface area contributed by atoms with E-state index in [-0.39, 0.29) is 50.1 Å². The van der Waals surface area contributed by atoms with E-state index in [0.29, 0.717) is 26.4 Å². The molecular weight excluding hydrogens is 612 g/mol. The van der Waals surface area contributed by atoms with Gasteiger partial charge in [0.15, 0.2) is 0 Å². The second-order valence-corrected chi connectivity index (χ2v) is 13.8. The van der Waals surface area contributed by atoms with Crippen LogP contribution in [0.2, 0.25) is 0 Å². The number of cyclic esters (lactones) is 1. The Hall–Kier alpha value is -1.07. The van der Waals surface area contributed by atoms with Crippen molar-refractivity contribution in [1.29, 1.82) is 0 Å². The van der Waals surface area contributed by atoms with Gasteiger partial charge in [0.05, 0.1) is 38.6 Å². The van der Waals surface area contributed by atoms with E-state index in [1.807, 2.05) is 13.0 Å². The minimum absolute atomic E-state index is 0.00368. The van der Waals surface area contributed by atoms with Gasteiger partial charge in [0.25, 0.3) is 0 Å². The highest BCUT2D eigenvalue weighted by atomic mass is 16.7. The maximum absolute atomic E-state index is 11.7. The van der Waals surface area contributed by atoms with Crippen LogP contribution in [0.1, 0.15) is 149 Å². The van der Waals surface area contributed by atoms with Gasteiger partial charge in [0, 0.05) is 19.8 Å². The normalized spacial score (nSPS) is 20.7. The number of carbonyl (C=O) groups is 1. The van der Waals surface area contributed by atoms with Gasteiger partial charge in [-0.2, -0.15) is 0 Å². The van der Waals surface area contributed by atoms with Crippen molar-refractivity contribution in [3.63, 3.8) is 0 Å². The summed E-state index contributed by atoms with van der Waals surface area (Å²) in [7, 11) is 3.32. The smallest absolute Gasteiger partial charge is 0.334 e. The molecule has 0 aromatic rings. The maximum Gasteiger partial charge on any atom is 0.334 e. The second-order valence-electron chi connectivity index (χ2n) is 13.8. The van der Waals surface area contributed by atoms with Crippen LogP contribution in [0.5, 0.6) is 0 Å². The highest BCUT2D eigenvalue weighted by molar-refractivity contribution is 5.90. The molecule has 2 aliphatic heterocycles. The number of methoxy groups -OCH3 is 2. The lowest BCUT2D eigenvalue weighted by Crippen LogP contribution is -2.36. The Balaban J connectivity index is 1.54. The zero-order valence-electron chi connectivity index (χ0n) is 31.2. The van der Waals surface area contributed by atoms with Crippen LogP contribution in [0.15, 0.2) is 11.6 Å². The number of ether oxygens (including phenoxy) is 8. The standard InChI is InChI=1S/C39H72O9/c1-5-6-7-8-9-15-18-21-24-35(46-31-41-3)27-44-37-29-43-30-38(37)45-28-36(47-32-42-4)25-22-19-16-13-11-10-12-14-17-20-23-34-26-33(2)48-39(34)40/h26,33,35-38H,5-25,27-32H2,1-4H3/t33-,35-,36-,37-,38-/m0/s1. The second kappa shape index (κ2) is 29.6. The fourth-order valence-electron chi connectivity index (χ4n) is 6.47. The van der Waals surface area contributed by atoms with Crippen LogP contribution in [0, 0.1) is 0 Å². The van der Waals surface area contributed by atoms with Crippen LogP contribution in [0.3, 0.4) is 0 Å². The molecular formula is C39H72O9. The summed E-state index contributed by atoms with van der Waals surface area (Å²) in [6.07, 6.45) is 27.1. The first-order chi connectivity index (χ1) is 23.6. The van der Waals surface area contributed by atoms with Gasteiger partial charge in [-0.1, -0.05) is 116 Å². The fraction of sp³-hybridized carbons (Fsp3) is 0.923. The summed E-state index contributed by atoms with van der Waals surface area (Å²) >= 11 is 0. The lowest BCUT2D eigenvalue weighted by Gasteiger charge is -2.25. The Morgan fingerprint density at radius 1 is 0.667 bits per heavy atom. The largest absolute Gasteiger partial charge is 0.455 e. The van der Waals surface area contributed by atoms with E-state index in [1.54, 1.807) is 14.2 Å². The number of esters is 1. The van der Waals surface area contributed by atoms with Crippen molar-refractivity contribution in [3.8, 4) is 0 Å². The Bertz CT molecular complexity index is 791. The van der Waals surface area contributed by atoms with Gasteiger partial charge in [0.1, 0.15) is 31.9 Å². The molecule has 0 amide bonds. The van der Waals surface area contributed by atoms with E-state index in [4.69, 9.17) is 37.9 Å². The van der Waals surface area contributed by atoms with Crippen molar-refractivity contribution in [3.05, 3.63) is 11.6 Å². The molecule has 0 N–H and O–H groups in total. The van der Waals surface area contributed by atoms with Crippen LogP contribution in [-0.4, -0.2) is 90.7 Å². The molecule has 0 aromatic heterocycles. The van der Waals surface area contributed by atoms with Crippen LogP contribution < -0.4 is 0 Å². The first-order valence-electron chi connectivity index (χ1n) is 19.5. The molecule has 0 unspecified atom stereocenters. The molecule has 2 aliphatic rings. The summed E-state index contributed by atoms with van der Waals surface area (Å²) < 4.78 is 45.8. The lowest BCUT2D eigenvalue weighted by atomic mass is 10.0. The van der Waals surface area contributed by atoms with Crippen molar-refractivity contribution in [2.75, 3.05) is 54.2 Å². The third-order valence-electron chi connectivity index (χ3n) is 9.41. The first kappa shape index (κ1) is 43.1. The van der Waals surface area contributed by atoms with Crippen molar-refractivity contribution < 1.29 is 42.7 Å². The number of hydrogen-bond donors (Lipinski definition) is 0. The average molecular weight is 685 g/mol. The Morgan fingerprint density at radius 2 is 1.10 bits per heavy atom. The van der Waals surface area contributed by atoms with Crippen molar-refractivity contribution in [2.45, 2.75) is 179 Å². The van der Waals surface area contributed by atoms with E-state index in [0.717, 1.165) is 44.1 Å². The first-order valence-corrected chi connectivity index (χ1v) is 19.5. The van der Waals surface area contributed by atoms with E-state index in [2.05, 4.69) is 6.92 Å². The zero-order valence-corrected chi connectivity index (χ0v) is 31.2. The van der Waals surface area contributed by atoms with Crippen LogP contribution in [-0.2, 0) is 42.7 Å². The molecule has 0 radical (unpaired) electrons. The van der Waals surface area contributed by atoms with Gasteiger partial charge in [-0.25, -0.2) is 4.79 Å². The van der Waals surface area contributed by atoms with E-state index in [9.17, 15) is 4.79 Å². The Labute approximate surface area is 293 Å². The highest BCUT2D eigenvalue weighted by Crippen LogP contribution is 2.21. The van der Waals surface area contributed by atoms with Gasteiger partial charge in [0.2, 0.25) is 0 Å². The number of rotatable bonds is 34. The minimum Gasteiger partial charge on any atom is -0.455 e. The van der Waals surface area contributed by atoms with E-state index < -0.39 is 0 Å². The van der Waals surface area contributed by atoms with Gasteiger partial charge in [-0.3, -0.25) is 0 Å². The van der Waals surface area contributed by atoms with Crippen LogP contribution >= 0.6 is 0 Å². The SMILES string of the molecule is CCCCCCCCCC[C@@H](CO[C@H]1COC[C@@H]1OC[C@H](CCCCCCCCCCCCC1=C[C@H](C)OC1=O)OCOC)OCOC. The van der Waals surface area contributed by atoms with Crippen molar-refractivity contribution >= 4 is 5.97 Å². The molecule has 9 nitrogen and oxygen atoms in total. The summed E-state index contributed by atoms with van der Waals surface area (Å²) in [6.45, 7) is 6.84. The predicted molar refractivity (Wildman–Crippen MR) is 190 cm³/mol. The van der Waals surface area contributed by atoms with Gasteiger partial charge >= 0.3 is 5.97 Å². The Kier molecular flexibility index (Phi) is 26.6. The van der Waals surface area contributed by atoms with Gasteiger partial charge in [-0.05, 0) is 38.7 Å². The third kappa shape index (κ3) is 21.2. The molecule has 0 bridgehead atoms. The van der Waals surface area contributed by atoms with Gasteiger partial charge in [-0.15, -0.1) is 0 Å². The number of unbranched alkanes of at least 4 members (excludes halogenated alkanes) is 16. The topological polar surface area (TPSA) is 90.9 Å². The summed E-state index contributed by atoms with van der Waals surface area (Å²) in [5, 5.41) is 0. The molecule has 0 aromatic carbocycles. The third-order valence-corrected chi connectivity index (χ3v) is 9.41. The van der Waals surface area contributed by atoms with Crippen molar-refractivity contribution in [2.24, 2.45) is 0 Å². The predicted octanol–water partition coefficient (Wildman–Crippen LogP) is 8.85. The quantitative estimate of drug-likeness (QED) is 0.0375. The molecule has 282 valence electrons. The van der Waals surface area contributed by atoms with E-state index >= 15 is 0 Å². The van der Waals surface area contributed by atoms with E-state index in [1.165, 1.54) is 96.3 Å². The van der Waals surface area contributed by atoms with Crippen molar-refractivity contribution in [1.82, 2.24) is 0 Å². The molecule has 48 heavy (non-hydrogen) atoms. The molecule has 2 rings (SSSR count). The molecule has 0 saturated carbocycles. The zero-order chi connectivity index (χ0) is 34.5. The summed E-state index contributed by atoms with van der Waals surface area (Å²) in [6, 6.07) is 0. The highest BCUT2D eigenvalue weighted by Gasteiger charge is 2.31. The van der Waals surface area contributed by atoms with Crippen LogP contribution in [0.25, 0.3) is 0 Å². The summed E-state index contributed by atoms with van der Waals surface area (Å²) in [4.78, 5) is 11.7. The molecule has 0 aliphatic carbocycles. The molecule has 2 heterocycles. The lowest BCUT2D eigenvalue weighted by molar-refractivity contribution is -0.139. The fourth-order valence-corrected chi connectivity index (χ4v) is 6.47. The molecule has 1 fully saturated rings. The summed E-state index contributed by atoms with van der Waals surface area (Å²) in [5.41, 5.74) is 0.868. The average Bonchev–Trinajstić information content (AvgIpc) is 3.68.